The number of nitrogens with one attached hydrogen (secondary N) is 2. The molecule has 5 atom stereocenters. The summed E-state index contributed by atoms with van der Waals surface area (Å²) in [6.45, 7) is 3.62. The number of fused-ring (bicyclic) bond motifs is 1. The second kappa shape index (κ2) is 18.0. The van der Waals surface area contributed by atoms with Crippen molar-refractivity contribution in [1.29, 1.82) is 0 Å². The molecule has 10 nitrogen and oxygen atoms in total. The van der Waals surface area contributed by atoms with Crippen molar-refractivity contribution in [2.24, 2.45) is 0 Å². The number of amides is 2. The topological polar surface area (TPSA) is 119 Å². The van der Waals surface area contributed by atoms with E-state index in [1.54, 1.807) is 20.3 Å². The van der Waals surface area contributed by atoms with E-state index in [2.05, 4.69) is 39.8 Å². The van der Waals surface area contributed by atoms with Crippen molar-refractivity contribution < 1.29 is 33.6 Å². The minimum Gasteiger partial charge on any atom is -0.493 e. The lowest BCUT2D eigenvalue weighted by Gasteiger charge is -2.45. The molecule has 290 valence electrons. The summed E-state index contributed by atoms with van der Waals surface area (Å²) in [6.07, 6.45) is -0.214. The number of aliphatic hydroxyl groups is 1. The maximum Gasteiger partial charge on any atom is 0.319 e. The molecule has 5 aromatic rings. The van der Waals surface area contributed by atoms with Crippen LogP contribution >= 0.6 is 0 Å². The zero-order chi connectivity index (χ0) is 39.0. The van der Waals surface area contributed by atoms with Gasteiger partial charge in [-0.25, -0.2) is 4.79 Å². The van der Waals surface area contributed by atoms with Crippen molar-refractivity contribution in [2.45, 2.75) is 63.4 Å². The normalized spacial score (nSPS) is 20.0. The number of benzene rings is 5. The Hall–Kier alpha value is -5.52. The third kappa shape index (κ3) is 9.12. The Balaban J connectivity index is 1.17. The van der Waals surface area contributed by atoms with E-state index in [1.807, 2.05) is 91.0 Å². The van der Waals surface area contributed by atoms with E-state index < -0.39 is 24.5 Å². The summed E-state index contributed by atoms with van der Waals surface area (Å²) < 4.78 is 25.2. The molecular formula is C46H49N3O7. The fourth-order valence-corrected chi connectivity index (χ4v) is 7.75. The Morgan fingerprint density at radius 3 is 2.14 bits per heavy atom. The van der Waals surface area contributed by atoms with Gasteiger partial charge in [-0.3, -0.25) is 9.69 Å². The van der Waals surface area contributed by atoms with Crippen LogP contribution in [0.25, 0.3) is 0 Å². The fourth-order valence-electron chi connectivity index (χ4n) is 7.75. The highest BCUT2D eigenvalue weighted by Gasteiger charge is 2.43. The highest BCUT2D eigenvalue weighted by Crippen LogP contribution is 2.47. The third-order valence-electron chi connectivity index (χ3n) is 10.7. The standard InChI is InChI=1S/C46H49N3O7/c1-30(51)39(23-31-11-6-4-7-12-31)48-46(52)47-38-16-10-15-36(24-38)45-55-42(28-49-22-21-35-25-40(53-2)41(54-3)26-37(35)27-49)43(33-13-8-5-9-14-33)44(56-45)34-19-17-32(29-50)18-20-34/h4-20,24-26,39,42-45,50H,21-23,27-29H2,1-3H3,(H2,47,48,52). The first-order valence-corrected chi connectivity index (χ1v) is 19.1. The van der Waals surface area contributed by atoms with E-state index in [0.717, 1.165) is 53.1 Å². The SMILES string of the molecule is COc1cc2c(cc1OC)CN(CC1OC(c3cccc(NC(=O)NC(Cc4ccccc4)C(C)=O)c3)OC(c3ccc(CO)cc3)C1c1ccccc1)CC2. The van der Waals surface area contributed by atoms with Crippen LogP contribution in [0, 0.1) is 0 Å². The van der Waals surface area contributed by atoms with E-state index >= 15 is 0 Å². The van der Waals surface area contributed by atoms with Crippen LogP contribution in [0.4, 0.5) is 10.5 Å². The molecule has 0 radical (unpaired) electrons. The Morgan fingerprint density at radius 1 is 0.786 bits per heavy atom. The van der Waals surface area contributed by atoms with Crippen LogP contribution in [0.1, 0.15) is 64.2 Å². The third-order valence-corrected chi connectivity index (χ3v) is 10.7. The molecule has 7 rings (SSSR count). The first-order chi connectivity index (χ1) is 27.3. The lowest BCUT2D eigenvalue weighted by Crippen LogP contribution is -2.45. The number of carbonyl (C=O) groups is 2. The number of nitrogens with zero attached hydrogens (tertiary/aromatic N) is 1. The van der Waals surface area contributed by atoms with E-state index in [-0.39, 0.29) is 24.4 Å². The molecule has 0 aromatic heterocycles. The summed E-state index contributed by atoms with van der Waals surface area (Å²) in [6, 6.07) is 38.3. The highest BCUT2D eigenvalue weighted by atomic mass is 16.7. The van der Waals surface area contributed by atoms with Gasteiger partial charge in [0.2, 0.25) is 0 Å². The molecule has 56 heavy (non-hydrogen) atoms. The van der Waals surface area contributed by atoms with Crippen LogP contribution in [0.2, 0.25) is 0 Å². The monoisotopic (exact) mass is 755 g/mol. The fraction of sp³-hybridized carbons (Fsp3) is 0.304. The number of Topliss-reactive ketones (excluding diaryl/α,β-unsaturated/α-hetero) is 1. The molecule has 2 heterocycles. The van der Waals surface area contributed by atoms with Gasteiger partial charge in [-0.05, 0) is 77.4 Å². The Labute approximate surface area is 328 Å². The maximum absolute atomic E-state index is 13.3. The van der Waals surface area contributed by atoms with Gasteiger partial charge in [-0.2, -0.15) is 0 Å². The number of anilines is 1. The molecular weight excluding hydrogens is 707 g/mol. The number of hydrogen-bond donors (Lipinski definition) is 3. The first kappa shape index (κ1) is 38.7. The molecule has 2 aliphatic heterocycles. The molecule has 1 fully saturated rings. The summed E-state index contributed by atoms with van der Waals surface area (Å²) in [4.78, 5) is 28.2. The van der Waals surface area contributed by atoms with E-state index in [1.165, 1.54) is 18.1 Å². The van der Waals surface area contributed by atoms with Crippen molar-refractivity contribution in [3.05, 3.63) is 160 Å². The molecule has 10 heteroatoms. The maximum atomic E-state index is 13.3. The van der Waals surface area contributed by atoms with Crippen molar-refractivity contribution in [2.75, 3.05) is 32.6 Å². The lowest BCUT2D eigenvalue weighted by atomic mass is 9.82. The zero-order valence-corrected chi connectivity index (χ0v) is 32.0. The van der Waals surface area contributed by atoms with Crippen LogP contribution in [0.5, 0.6) is 11.5 Å². The van der Waals surface area contributed by atoms with Gasteiger partial charge in [-0.15, -0.1) is 0 Å². The lowest BCUT2D eigenvalue weighted by molar-refractivity contribution is -0.263. The molecule has 1 saturated heterocycles. The summed E-state index contributed by atoms with van der Waals surface area (Å²) >= 11 is 0. The summed E-state index contributed by atoms with van der Waals surface area (Å²) in [7, 11) is 3.32. The summed E-state index contributed by atoms with van der Waals surface area (Å²) in [5.41, 5.74) is 7.56. The Kier molecular flexibility index (Phi) is 12.4. The smallest absolute Gasteiger partial charge is 0.319 e. The van der Waals surface area contributed by atoms with Gasteiger partial charge in [0.1, 0.15) is 0 Å². The van der Waals surface area contributed by atoms with Crippen molar-refractivity contribution in [3.8, 4) is 11.5 Å². The minimum absolute atomic E-state index is 0.0534. The number of urea groups is 1. The number of rotatable bonds is 13. The van der Waals surface area contributed by atoms with Gasteiger partial charge >= 0.3 is 6.03 Å². The molecule has 3 N–H and O–H groups in total. The molecule has 2 aliphatic rings. The molecule has 0 spiro atoms. The van der Waals surface area contributed by atoms with Gasteiger partial charge in [0.25, 0.3) is 0 Å². The van der Waals surface area contributed by atoms with Gasteiger partial charge in [0, 0.05) is 36.8 Å². The predicted molar refractivity (Wildman–Crippen MR) is 215 cm³/mol. The molecule has 5 aromatic carbocycles. The molecule has 2 amide bonds. The van der Waals surface area contributed by atoms with Gasteiger partial charge in [0.15, 0.2) is 23.6 Å². The van der Waals surface area contributed by atoms with Crippen LogP contribution in [-0.4, -0.2) is 61.3 Å². The zero-order valence-electron chi connectivity index (χ0n) is 32.0. The minimum atomic E-state index is -0.767. The van der Waals surface area contributed by atoms with Crippen LogP contribution in [0.3, 0.4) is 0 Å². The average Bonchev–Trinajstić information content (AvgIpc) is 3.23. The van der Waals surface area contributed by atoms with Crippen LogP contribution in [0.15, 0.2) is 121 Å². The van der Waals surface area contributed by atoms with Crippen LogP contribution in [-0.2, 0) is 40.3 Å². The van der Waals surface area contributed by atoms with Gasteiger partial charge < -0.3 is 34.7 Å². The molecule has 0 saturated carbocycles. The average molecular weight is 756 g/mol. The summed E-state index contributed by atoms with van der Waals surface area (Å²) in [5, 5.41) is 15.6. The summed E-state index contributed by atoms with van der Waals surface area (Å²) in [5.74, 6) is 1.14. The number of carbonyl (C=O) groups excluding carboxylic acids is 2. The molecule has 0 aliphatic carbocycles. The van der Waals surface area contributed by atoms with E-state index in [4.69, 9.17) is 18.9 Å². The number of aliphatic hydroxyl groups excluding tert-OH is 1. The van der Waals surface area contributed by atoms with Crippen molar-refractivity contribution >= 4 is 17.5 Å². The molecule has 5 unspecified atom stereocenters. The number of hydrogen-bond acceptors (Lipinski definition) is 8. The number of ether oxygens (including phenoxy) is 4. The second-order valence-electron chi connectivity index (χ2n) is 14.4. The van der Waals surface area contributed by atoms with Gasteiger partial charge in [-0.1, -0.05) is 97.1 Å². The van der Waals surface area contributed by atoms with E-state index in [9.17, 15) is 14.7 Å². The largest absolute Gasteiger partial charge is 0.493 e. The Morgan fingerprint density at radius 2 is 1.46 bits per heavy atom. The number of ketones is 1. The Bertz CT molecular complexity index is 2090. The van der Waals surface area contributed by atoms with Gasteiger partial charge in [0.05, 0.1) is 39.1 Å². The highest BCUT2D eigenvalue weighted by molar-refractivity contribution is 5.93. The predicted octanol–water partition coefficient (Wildman–Crippen LogP) is 7.52. The second-order valence-corrected chi connectivity index (χ2v) is 14.4. The van der Waals surface area contributed by atoms with E-state index in [0.29, 0.717) is 24.4 Å². The quantitative estimate of drug-likeness (QED) is 0.113. The van der Waals surface area contributed by atoms with Crippen LogP contribution < -0.4 is 20.1 Å². The first-order valence-electron chi connectivity index (χ1n) is 19.1. The number of methoxy groups -OCH3 is 2. The van der Waals surface area contributed by atoms with Crippen molar-refractivity contribution in [1.82, 2.24) is 10.2 Å². The molecule has 0 bridgehead atoms. The van der Waals surface area contributed by atoms with Crippen molar-refractivity contribution in [3.63, 3.8) is 0 Å².